The summed E-state index contributed by atoms with van der Waals surface area (Å²) in [5.41, 5.74) is 1.33. The number of rotatable bonds is 12. The maximum Gasteiger partial charge on any atom is 0.255 e. The van der Waals surface area contributed by atoms with Crippen LogP contribution in [0.3, 0.4) is 0 Å². The molecule has 0 aliphatic carbocycles. The average molecular weight is 493 g/mol. The van der Waals surface area contributed by atoms with E-state index in [9.17, 15) is 4.79 Å². The first-order valence-corrected chi connectivity index (χ1v) is 13.2. The number of thioether (sulfide) groups is 1. The predicted octanol–water partition coefficient (Wildman–Crippen LogP) is 5.13. The Morgan fingerprint density at radius 1 is 1.03 bits per heavy atom. The molecule has 0 saturated carbocycles. The Morgan fingerprint density at radius 2 is 1.89 bits per heavy atom. The van der Waals surface area contributed by atoms with Crippen LogP contribution in [0.15, 0.2) is 47.8 Å². The van der Waals surface area contributed by atoms with Crippen molar-refractivity contribution in [3.8, 4) is 5.75 Å². The minimum atomic E-state index is -0.166. The highest BCUT2D eigenvalue weighted by Crippen LogP contribution is 2.28. The molecule has 0 unspecified atom stereocenters. The Balaban J connectivity index is 1.54. The van der Waals surface area contributed by atoms with Crippen LogP contribution in [0.5, 0.6) is 5.75 Å². The molecule has 9 heteroatoms. The van der Waals surface area contributed by atoms with E-state index in [0.29, 0.717) is 31.0 Å². The van der Waals surface area contributed by atoms with Crippen molar-refractivity contribution >= 4 is 45.3 Å². The minimum absolute atomic E-state index is 0.166. The third-order valence-corrected chi connectivity index (χ3v) is 6.53. The summed E-state index contributed by atoms with van der Waals surface area (Å²) in [5, 5.41) is 14.5. The fourth-order valence-electron chi connectivity index (χ4n) is 3.86. The van der Waals surface area contributed by atoms with Crippen LogP contribution >= 0.6 is 11.8 Å². The molecule has 0 atom stereocenters. The van der Waals surface area contributed by atoms with E-state index in [4.69, 9.17) is 14.7 Å². The first-order valence-electron chi connectivity index (χ1n) is 12.2. The molecule has 4 rings (SSSR count). The number of hydrogen-bond acceptors (Lipinski definition) is 7. The number of aromatic nitrogens is 4. The second-order valence-electron chi connectivity index (χ2n) is 8.08. The molecular formula is C26H32N6O2S. The summed E-state index contributed by atoms with van der Waals surface area (Å²) in [6, 6.07) is 11.7. The molecule has 0 aliphatic rings. The second-order valence-corrected chi connectivity index (χ2v) is 9.15. The zero-order valence-electron chi connectivity index (χ0n) is 20.5. The smallest absolute Gasteiger partial charge is 0.255 e. The molecular weight excluding hydrogens is 460 g/mol. The van der Waals surface area contributed by atoms with Gasteiger partial charge in [-0.05, 0) is 36.6 Å². The van der Waals surface area contributed by atoms with E-state index in [2.05, 4.69) is 29.6 Å². The average Bonchev–Trinajstić information content (AvgIpc) is 3.29. The van der Waals surface area contributed by atoms with Crippen molar-refractivity contribution in [3.63, 3.8) is 0 Å². The number of carbonyl (C=O) groups excluding carboxylic acids is 1. The standard InChI is InChI=1S/C26H32N6O2S/c1-4-13-27-23-20-17-29-32(24(20)31-26(30-23)35-16-5-2)15-14-28-25(33)22-19-10-8-7-9-18(19)11-12-21(22)34-6-3/h7-12,17H,4-6,13-16H2,1-3H3,(H,28,33)(H,27,30,31). The summed E-state index contributed by atoms with van der Waals surface area (Å²) in [6.45, 7) is 8.40. The van der Waals surface area contributed by atoms with Gasteiger partial charge in [-0.2, -0.15) is 5.10 Å². The van der Waals surface area contributed by atoms with Crippen LogP contribution in [0.2, 0.25) is 0 Å². The lowest BCUT2D eigenvalue weighted by atomic mass is 10.0. The summed E-state index contributed by atoms with van der Waals surface area (Å²) < 4.78 is 7.59. The Morgan fingerprint density at radius 3 is 2.69 bits per heavy atom. The first kappa shape index (κ1) is 24.8. The zero-order chi connectivity index (χ0) is 24.6. The van der Waals surface area contributed by atoms with Crippen LogP contribution in [0.4, 0.5) is 5.82 Å². The van der Waals surface area contributed by atoms with Crippen LogP contribution in [-0.2, 0) is 6.54 Å². The van der Waals surface area contributed by atoms with Crippen LogP contribution in [0.25, 0.3) is 21.8 Å². The number of nitrogens with zero attached hydrogens (tertiary/aromatic N) is 4. The fraction of sp³-hybridized carbons (Fsp3) is 0.385. The molecule has 0 spiro atoms. The number of carbonyl (C=O) groups is 1. The summed E-state index contributed by atoms with van der Waals surface area (Å²) in [5.74, 6) is 2.18. The number of amides is 1. The normalized spacial score (nSPS) is 11.2. The molecule has 2 N–H and O–H groups in total. The molecule has 2 heterocycles. The van der Waals surface area contributed by atoms with Crippen molar-refractivity contribution in [2.75, 3.05) is 30.8 Å². The maximum atomic E-state index is 13.2. The van der Waals surface area contributed by atoms with Gasteiger partial charge in [0.15, 0.2) is 10.8 Å². The van der Waals surface area contributed by atoms with Crippen molar-refractivity contribution in [2.24, 2.45) is 0 Å². The minimum Gasteiger partial charge on any atom is -0.493 e. The van der Waals surface area contributed by atoms with Crippen molar-refractivity contribution < 1.29 is 9.53 Å². The molecule has 2 aromatic carbocycles. The van der Waals surface area contributed by atoms with E-state index in [1.54, 1.807) is 18.0 Å². The van der Waals surface area contributed by atoms with Crippen LogP contribution in [0, 0.1) is 0 Å². The highest BCUT2D eigenvalue weighted by Gasteiger charge is 2.17. The highest BCUT2D eigenvalue weighted by molar-refractivity contribution is 7.99. The SMILES string of the molecule is CCCNc1nc(SCCC)nc2c1cnn2CCNC(=O)c1c(OCC)ccc2ccccc12. The number of hydrogen-bond donors (Lipinski definition) is 2. The quantitative estimate of drug-likeness (QED) is 0.209. The lowest BCUT2D eigenvalue weighted by Gasteiger charge is -2.14. The van der Waals surface area contributed by atoms with Gasteiger partial charge in [0.2, 0.25) is 0 Å². The van der Waals surface area contributed by atoms with E-state index >= 15 is 0 Å². The predicted molar refractivity (Wildman–Crippen MR) is 143 cm³/mol. The topological polar surface area (TPSA) is 94.0 Å². The Labute approximate surface area is 209 Å². The lowest BCUT2D eigenvalue weighted by molar-refractivity contribution is 0.0950. The van der Waals surface area contributed by atoms with E-state index in [1.807, 2.05) is 48.0 Å². The lowest BCUT2D eigenvalue weighted by Crippen LogP contribution is -2.28. The molecule has 35 heavy (non-hydrogen) atoms. The van der Waals surface area contributed by atoms with Gasteiger partial charge in [-0.15, -0.1) is 0 Å². The highest BCUT2D eigenvalue weighted by atomic mass is 32.2. The van der Waals surface area contributed by atoms with Gasteiger partial charge in [-0.1, -0.05) is 55.9 Å². The van der Waals surface area contributed by atoms with Crippen molar-refractivity contribution in [3.05, 3.63) is 48.2 Å². The number of nitrogens with one attached hydrogen (secondary N) is 2. The van der Waals surface area contributed by atoms with E-state index in [0.717, 1.165) is 57.9 Å². The van der Waals surface area contributed by atoms with Crippen molar-refractivity contribution in [1.29, 1.82) is 0 Å². The van der Waals surface area contributed by atoms with Gasteiger partial charge in [0.25, 0.3) is 5.91 Å². The molecule has 0 fully saturated rings. The van der Waals surface area contributed by atoms with Gasteiger partial charge in [-0.3, -0.25) is 4.79 Å². The summed E-state index contributed by atoms with van der Waals surface area (Å²) in [6.07, 6.45) is 3.84. The Hall–Kier alpha value is -3.33. The van der Waals surface area contributed by atoms with E-state index in [-0.39, 0.29) is 5.91 Å². The van der Waals surface area contributed by atoms with Gasteiger partial charge < -0.3 is 15.4 Å². The first-order chi connectivity index (χ1) is 17.2. The van der Waals surface area contributed by atoms with Crippen LogP contribution < -0.4 is 15.4 Å². The molecule has 0 bridgehead atoms. The van der Waals surface area contributed by atoms with Crippen LogP contribution in [0.1, 0.15) is 44.0 Å². The zero-order valence-corrected chi connectivity index (χ0v) is 21.3. The van der Waals surface area contributed by atoms with Gasteiger partial charge >= 0.3 is 0 Å². The molecule has 4 aromatic rings. The van der Waals surface area contributed by atoms with Crippen LogP contribution in [-0.4, -0.2) is 51.1 Å². The van der Waals surface area contributed by atoms with E-state index in [1.165, 1.54) is 0 Å². The Bertz CT molecular complexity index is 1310. The molecule has 184 valence electrons. The molecule has 0 saturated heterocycles. The molecule has 1 amide bonds. The summed E-state index contributed by atoms with van der Waals surface area (Å²) in [4.78, 5) is 22.7. The number of anilines is 1. The van der Waals surface area contributed by atoms with Crippen molar-refractivity contribution in [2.45, 2.75) is 45.3 Å². The Kier molecular flexibility index (Phi) is 8.41. The molecule has 0 radical (unpaired) electrons. The fourth-order valence-corrected chi connectivity index (χ4v) is 4.55. The third kappa shape index (κ3) is 5.67. The van der Waals surface area contributed by atoms with E-state index < -0.39 is 0 Å². The van der Waals surface area contributed by atoms with Crippen molar-refractivity contribution in [1.82, 2.24) is 25.1 Å². The van der Waals surface area contributed by atoms with Gasteiger partial charge in [0.05, 0.1) is 30.3 Å². The molecule has 8 nitrogen and oxygen atoms in total. The summed E-state index contributed by atoms with van der Waals surface area (Å²) in [7, 11) is 0. The van der Waals surface area contributed by atoms with Gasteiger partial charge in [0, 0.05) is 18.8 Å². The second kappa shape index (κ2) is 11.9. The molecule has 0 aliphatic heterocycles. The largest absolute Gasteiger partial charge is 0.493 e. The maximum absolute atomic E-state index is 13.2. The van der Waals surface area contributed by atoms with Gasteiger partial charge in [0.1, 0.15) is 11.6 Å². The van der Waals surface area contributed by atoms with Gasteiger partial charge in [-0.25, -0.2) is 14.6 Å². The summed E-state index contributed by atoms with van der Waals surface area (Å²) >= 11 is 1.64. The number of benzene rings is 2. The number of fused-ring (bicyclic) bond motifs is 2. The monoisotopic (exact) mass is 492 g/mol. The molecule has 2 aromatic heterocycles. The third-order valence-electron chi connectivity index (χ3n) is 5.48. The number of ether oxygens (including phenoxy) is 1.